The highest BCUT2D eigenvalue weighted by Gasteiger charge is 2.25. The summed E-state index contributed by atoms with van der Waals surface area (Å²) in [4.78, 5) is 18.7. The van der Waals surface area contributed by atoms with Gasteiger partial charge in [0, 0.05) is 31.0 Å². The van der Waals surface area contributed by atoms with Crippen molar-refractivity contribution < 1.29 is 9.53 Å². The summed E-state index contributed by atoms with van der Waals surface area (Å²) in [5.41, 5.74) is 3.88. The topological polar surface area (TPSA) is 80.5 Å². The van der Waals surface area contributed by atoms with Crippen LogP contribution >= 0.6 is 0 Å². The number of nitrogens with two attached hydrogens (primary N) is 1. The van der Waals surface area contributed by atoms with Gasteiger partial charge in [-0.2, -0.15) is 0 Å². The van der Waals surface area contributed by atoms with Crippen molar-refractivity contribution in [1.29, 1.82) is 0 Å². The zero-order chi connectivity index (χ0) is 15.2. The molecule has 2 heterocycles. The Labute approximate surface area is 125 Å². The van der Waals surface area contributed by atoms with Crippen molar-refractivity contribution in [2.45, 2.75) is 39.2 Å². The first-order valence-electron chi connectivity index (χ1n) is 7.50. The molecule has 6 nitrogen and oxygen atoms in total. The van der Waals surface area contributed by atoms with Gasteiger partial charge < -0.3 is 15.1 Å². The van der Waals surface area contributed by atoms with Crippen LogP contribution in [-0.4, -0.2) is 41.6 Å². The molecule has 1 aliphatic rings. The molecule has 1 saturated heterocycles. The Morgan fingerprint density at radius 3 is 3.10 bits per heavy atom. The van der Waals surface area contributed by atoms with Gasteiger partial charge in [0.1, 0.15) is 5.82 Å². The van der Waals surface area contributed by atoms with Gasteiger partial charge in [-0.05, 0) is 38.3 Å². The lowest BCUT2D eigenvalue weighted by atomic mass is 10.1. The van der Waals surface area contributed by atoms with E-state index in [0.717, 1.165) is 38.1 Å². The second kappa shape index (κ2) is 7.38. The Balaban J connectivity index is 2.06. The van der Waals surface area contributed by atoms with Gasteiger partial charge in [-0.3, -0.25) is 4.79 Å². The Hall–Kier alpha value is -1.66. The number of carbonyl (C=O) groups is 1. The molecule has 1 aromatic heterocycles. The Bertz CT molecular complexity index is 493. The van der Waals surface area contributed by atoms with Crippen molar-refractivity contribution in [1.82, 2.24) is 9.88 Å². The quantitative estimate of drug-likeness (QED) is 0.638. The second-order valence-corrected chi connectivity index (χ2v) is 5.41. The zero-order valence-corrected chi connectivity index (χ0v) is 12.8. The van der Waals surface area contributed by atoms with Crippen molar-refractivity contribution >= 4 is 11.7 Å². The van der Waals surface area contributed by atoms with Gasteiger partial charge in [0.2, 0.25) is 0 Å². The lowest BCUT2D eigenvalue weighted by molar-refractivity contribution is 0.00211. The van der Waals surface area contributed by atoms with Crippen molar-refractivity contribution in [2.75, 3.05) is 25.1 Å². The predicted molar refractivity (Wildman–Crippen MR) is 82.0 cm³/mol. The number of aromatic nitrogens is 1. The lowest BCUT2D eigenvalue weighted by Crippen LogP contribution is -2.43. The van der Waals surface area contributed by atoms with Gasteiger partial charge in [-0.1, -0.05) is 6.92 Å². The fraction of sp³-hybridized carbons (Fsp3) is 0.600. The maximum absolute atomic E-state index is 12.6. The number of pyridine rings is 1. The maximum atomic E-state index is 12.6. The molecule has 1 aromatic rings. The number of carbonyl (C=O) groups excluding carboxylic acids is 1. The number of aryl methyl sites for hydroxylation is 1. The second-order valence-electron chi connectivity index (χ2n) is 5.41. The summed E-state index contributed by atoms with van der Waals surface area (Å²) in [7, 11) is 0. The van der Waals surface area contributed by atoms with Gasteiger partial charge in [0.15, 0.2) is 0 Å². The Morgan fingerprint density at radius 1 is 1.57 bits per heavy atom. The number of nitrogens with zero attached hydrogens (tertiary/aromatic N) is 2. The van der Waals surface area contributed by atoms with Crippen molar-refractivity contribution in [3.8, 4) is 0 Å². The van der Waals surface area contributed by atoms with Crippen LogP contribution in [0.3, 0.4) is 0 Å². The molecule has 0 aliphatic carbocycles. The van der Waals surface area contributed by atoms with E-state index in [2.05, 4.69) is 17.3 Å². The molecule has 21 heavy (non-hydrogen) atoms. The third-order valence-corrected chi connectivity index (χ3v) is 3.57. The van der Waals surface area contributed by atoms with E-state index >= 15 is 0 Å². The van der Waals surface area contributed by atoms with E-state index in [1.54, 1.807) is 12.1 Å². The minimum Gasteiger partial charge on any atom is -0.376 e. The summed E-state index contributed by atoms with van der Waals surface area (Å²) in [5.74, 6) is 5.91. The summed E-state index contributed by atoms with van der Waals surface area (Å²) in [6, 6.07) is 3.48. The van der Waals surface area contributed by atoms with Crippen LogP contribution in [0.2, 0.25) is 0 Å². The molecule has 2 rings (SSSR count). The summed E-state index contributed by atoms with van der Waals surface area (Å²) in [6.07, 6.45) is 3.15. The SMILES string of the molecule is CCCOC1CCCN(C(=O)c2cc(C)nc(NN)c2)C1. The zero-order valence-electron chi connectivity index (χ0n) is 12.8. The minimum absolute atomic E-state index is 0.0156. The number of nitrogen functional groups attached to an aromatic ring is 1. The molecule has 1 aliphatic heterocycles. The predicted octanol–water partition coefficient (Wildman–Crippen LogP) is 1.71. The van der Waals surface area contributed by atoms with Gasteiger partial charge >= 0.3 is 0 Å². The van der Waals surface area contributed by atoms with Crippen molar-refractivity contribution in [2.24, 2.45) is 5.84 Å². The molecule has 6 heteroatoms. The largest absolute Gasteiger partial charge is 0.376 e. The maximum Gasteiger partial charge on any atom is 0.254 e. The van der Waals surface area contributed by atoms with Crippen LogP contribution in [0.25, 0.3) is 0 Å². The minimum atomic E-state index is 0.0156. The number of hydrogen-bond acceptors (Lipinski definition) is 5. The highest BCUT2D eigenvalue weighted by atomic mass is 16.5. The molecule has 0 aromatic carbocycles. The lowest BCUT2D eigenvalue weighted by Gasteiger charge is -2.32. The first-order valence-corrected chi connectivity index (χ1v) is 7.50. The first kappa shape index (κ1) is 15.7. The average Bonchev–Trinajstić information content (AvgIpc) is 2.51. The third-order valence-electron chi connectivity index (χ3n) is 3.57. The number of likely N-dealkylation sites (tertiary alicyclic amines) is 1. The van der Waals surface area contributed by atoms with Gasteiger partial charge in [0.25, 0.3) is 5.91 Å². The number of amides is 1. The Morgan fingerprint density at radius 2 is 2.38 bits per heavy atom. The van der Waals surface area contributed by atoms with E-state index < -0.39 is 0 Å². The molecular formula is C15H24N4O2. The molecule has 1 amide bonds. The van der Waals surface area contributed by atoms with Crippen LogP contribution < -0.4 is 11.3 Å². The standard InChI is InChI=1S/C15H24N4O2/c1-3-7-21-13-5-4-6-19(10-13)15(20)12-8-11(2)17-14(9-12)18-16/h8-9,13H,3-7,10,16H2,1-2H3,(H,17,18). The molecule has 0 bridgehead atoms. The molecule has 1 atom stereocenters. The number of hydrazine groups is 1. The van der Waals surface area contributed by atoms with Crippen LogP contribution in [-0.2, 0) is 4.74 Å². The van der Waals surface area contributed by atoms with E-state index in [-0.39, 0.29) is 12.0 Å². The normalized spacial score (nSPS) is 18.6. The number of anilines is 1. The Kier molecular flexibility index (Phi) is 5.52. The third kappa shape index (κ3) is 4.15. The molecule has 0 radical (unpaired) electrons. The summed E-state index contributed by atoms with van der Waals surface area (Å²) in [6.45, 7) is 6.12. The molecule has 1 fully saturated rings. The number of hydrogen-bond donors (Lipinski definition) is 2. The first-order chi connectivity index (χ1) is 10.1. The highest BCUT2D eigenvalue weighted by Crippen LogP contribution is 2.18. The highest BCUT2D eigenvalue weighted by molar-refractivity contribution is 5.95. The van der Waals surface area contributed by atoms with E-state index in [4.69, 9.17) is 10.6 Å². The summed E-state index contributed by atoms with van der Waals surface area (Å²) < 4.78 is 5.78. The van der Waals surface area contributed by atoms with Crippen molar-refractivity contribution in [3.63, 3.8) is 0 Å². The van der Waals surface area contributed by atoms with Gasteiger partial charge in [-0.25, -0.2) is 10.8 Å². The molecule has 0 saturated carbocycles. The van der Waals surface area contributed by atoms with E-state index in [0.29, 0.717) is 17.9 Å². The summed E-state index contributed by atoms with van der Waals surface area (Å²) >= 11 is 0. The number of rotatable bonds is 5. The smallest absolute Gasteiger partial charge is 0.254 e. The van der Waals surface area contributed by atoms with Crippen LogP contribution in [0.5, 0.6) is 0 Å². The fourth-order valence-electron chi connectivity index (χ4n) is 2.59. The van der Waals surface area contributed by atoms with Crippen LogP contribution in [0, 0.1) is 6.92 Å². The van der Waals surface area contributed by atoms with Crippen LogP contribution in [0.4, 0.5) is 5.82 Å². The molecule has 0 spiro atoms. The summed E-state index contributed by atoms with van der Waals surface area (Å²) in [5, 5.41) is 0. The average molecular weight is 292 g/mol. The van der Waals surface area contributed by atoms with Crippen LogP contribution in [0.1, 0.15) is 42.2 Å². The van der Waals surface area contributed by atoms with Crippen LogP contribution in [0.15, 0.2) is 12.1 Å². The van der Waals surface area contributed by atoms with E-state index in [1.165, 1.54) is 0 Å². The van der Waals surface area contributed by atoms with Gasteiger partial charge in [0.05, 0.1) is 6.10 Å². The van der Waals surface area contributed by atoms with Gasteiger partial charge in [-0.15, -0.1) is 0 Å². The van der Waals surface area contributed by atoms with E-state index in [9.17, 15) is 4.79 Å². The fourth-order valence-corrected chi connectivity index (χ4v) is 2.59. The van der Waals surface area contributed by atoms with E-state index in [1.807, 2.05) is 11.8 Å². The molecular weight excluding hydrogens is 268 g/mol. The number of piperidine rings is 1. The molecule has 116 valence electrons. The molecule has 3 N–H and O–H groups in total. The molecule has 1 unspecified atom stereocenters. The van der Waals surface area contributed by atoms with Crippen molar-refractivity contribution in [3.05, 3.63) is 23.4 Å². The monoisotopic (exact) mass is 292 g/mol. The number of ether oxygens (including phenoxy) is 1. The number of nitrogens with one attached hydrogen (secondary N) is 1.